The number of anilines is 1. The Hall–Kier alpha value is -4.20. The van der Waals surface area contributed by atoms with Crippen molar-refractivity contribution in [1.82, 2.24) is 5.01 Å². The lowest BCUT2D eigenvalue weighted by molar-refractivity contribution is -0.529. The van der Waals surface area contributed by atoms with Crippen LogP contribution in [-0.2, 0) is 0 Å². The highest BCUT2D eigenvalue weighted by atomic mass is 16.6. The molecule has 8 nitrogen and oxygen atoms in total. The van der Waals surface area contributed by atoms with Crippen LogP contribution in [0.4, 0.5) is 5.69 Å². The average Bonchev–Trinajstić information content (AvgIpc) is 3.24. The number of Topliss-reactive ketones (excluding diaryl/α,β-unsaturated/α-hetero) is 1. The fraction of sp³-hybridized carbons (Fsp3) is 0.259. The van der Waals surface area contributed by atoms with Crippen molar-refractivity contribution < 1.29 is 14.5 Å². The third-order valence-corrected chi connectivity index (χ3v) is 6.93. The normalized spacial score (nSPS) is 22.3. The van der Waals surface area contributed by atoms with Gasteiger partial charge in [0.2, 0.25) is 6.04 Å². The molecule has 1 fully saturated rings. The molecule has 0 aliphatic carbocycles. The summed E-state index contributed by atoms with van der Waals surface area (Å²) in [6, 6.07) is 19.5. The molecule has 2 aliphatic rings. The van der Waals surface area contributed by atoms with Crippen molar-refractivity contribution in [2.45, 2.75) is 24.0 Å². The Morgan fingerprint density at radius 2 is 1.71 bits per heavy atom. The van der Waals surface area contributed by atoms with Crippen LogP contribution < -0.4 is 9.64 Å². The molecule has 0 radical (unpaired) electrons. The average molecular weight is 471 g/mol. The summed E-state index contributed by atoms with van der Waals surface area (Å²) in [6.07, 6.45) is 1.69. The van der Waals surface area contributed by atoms with Gasteiger partial charge < -0.3 is 9.64 Å². The summed E-state index contributed by atoms with van der Waals surface area (Å²) in [4.78, 5) is 28.3. The highest BCUT2D eigenvalue weighted by Crippen LogP contribution is 2.49. The van der Waals surface area contributed by atoms with Gasteiger partial charge in [-0.25, -0.2) is 0 Å². The highest BCUT2D eigenvalue weighted by Gasteiger charge is 2.60. The van der Waals surface area contributed by atoms with Crippen molar-refractivity contribution in [3.63, 3.8) is 0 Å². The van der Waals surface area contributed by atoms with Gasteiger partial charge in [-0.1, -0.05) is 36.4 Å². The van der Waals surface area contributed by atoms with Gasteiger partial charge in [0.05, 0.1) is 19.2 Å². The minimum Gasteiger partial charge on any atom is -0.497 e. The summed E-state index contributed by atoms with van der Waals surface area (Å²) in [5.41, 5.74) is 3.82. The number of hydrogen-bond donors (Lipinski definition) is 0. The summed E-state index contributed by atoms with van der Waals surface area (Å²) in [5.74, 6) is -0.265. The number of hydrogen-bond acceptors (Lipinski definition) is 7. The molecule has 2 heterocycles. The second kappa shape index (κ2) is 8.87. The monoisotopic (exact) mass is 470 g/mol. The Bertz CT molecular complexity index is 1290. The Labute approximate surface area is 203 Å². The summed E-state index contributed by atoms with van der Waals surface area (Å²) < 4.78 is 5.23. The molecule has 0 unspecified atom stereocenters. The van der Waals surface area contributed by atoms with E-state index in [9.17, 15) is 14.9 Å². The quantitative estimate of drug-likeness (QED) is 0.306. The first-order chi connectivity index (χ1) is 16.9. The number of nitrogens with zero attached hydrogens (tertiary/aromatic N) is 4. The third-order valence-electron chi connectivity index (χ3n) is 6.93. The SMILES string of the molecule is COc1ccc(C(=O)[C@@H]2[C@H](c3ccc(N(C)C)cc3)[C@H]([N+](=O)[O-])[C@H]3c4ccccc4C=NN23)cc1. The number of benzene rings is 3. The lowest BCUT2D eigenvalue weighted by atomic mass is 9.82. The molecule has 0 spiro atoms. The van der Waals surface area contributed by atoms with Crippen molar-refractivity contribution in [3.05, 3.63) is 105 Å². The van der Waals surface area contributed by atoms with Crippen LogP contribution in [0.2, 0.25) is 0 Å². The van der Waals surface area contributed by atoms with Gasteiger partial charge >= 0.3 is 0 Å². The molecule has 35 heavy (non-hydrogen) atoms. The molecule has 0 aromatic heterocycles. The number of methoxy groups -OCH3 is 1. The number of ketones is 1. The molecular formula is C27H26N4O4. The van der Waals surface area contributed by atoms with Crippen LogP contribution in [0.25, 0.3) is 0 Å². The zero-order chi connectivity index (χ0) is 24.7. The minimum atomic E-state index is -1.05. The van der Waals surface area contributed by atoms with E-state index in [2.05, 4.69) is 5.10 Å². The van der Waals surface area contributed by atoms with Crippen molar-refractivity contribution in [3.8, 4) is 5.75 Å². The van der Waals surface area contributed by atoms with Gasteiger partial charge in [-0.2, -0.15) is 5.10 Å². The second-order valence-corrected chi connectivity index (χ2v) is 9.02. The number of fused-ring (bicyclic) bond motifs is 3. The van der Waals surface area contributed by atoms with Crippen LogP contribution in [0.3, 0.4) is 0 Å². The van der Waals surface area contributed by atoms with Crippen molar-refractivity contribution >= 4 is 17.7 Å². The zero-order valence-electron chi connectivity index (χ0n) is 19.7. The van der Waals surface area contributed by atoms with E-state index < -0.39 is 24.0 Å². The number of ether oxygens (including phenoxy) is 1. The predicted octanol–water partition coefficient (Wildman–Crippen LogP) is 4.15. The van der Waals surface area contributed by atoms with E-state index in [-0.39, 0.29) is 10.7 Å². The molecule has 0 amide bonds. The van der Waals surface area contributed by atoms with E-state index in [1.807, 2.05) is 67.5 Å². The van der Waals surface area contributed by atoms with Crippen LogP contribution in [0.1, 0.15) is 39.0 Å². The van der Waals surface area contributed by atoms with Gasteiger partial charge in [0.15, 0.2) is 5.78 Å². The molecule has 0 N–H and O–H groups in total. The zero-order valence-corrected chi connectivity index (χ0v) is 19.7. The lowest BCUT2D eigenvalue weighted by Crippen LogP contribution is -2.38. The largest absolute Gasteiger partial charge is 0.497 e. The smallest absolute Gasteiger partial charge is 0.248 e. The van der Waals surface area contributed by atoms with Crippen molar-refractivity contribution in [2.75, 3.05) is 26.1 Å². The van der Waals surface area contributed by atoms with Gasteiger partial charge in [-0.3, -0.25) is 19.9 Å². The first kappa shape index (κ1) is 22.6. The van der Waals surface area contributed by atoms with Gasteiger partial charge in [0.25, 0.3) is 0 Å². The third kappa shape index (κ3) is 3.80. The highest BCUT2D eigenvalue weighted by molar-refractivity contribution is 6.01. The maximum Gasteiger partial charge on any atom is 0.248 e. The standard InChI is InChI=1S/C27H26N4O4/c1-29(2)20-12-8-17(9-13-20)23-25(31(33)34)24-22-7-5-4-6-19(22)16-28-30(24)26(23)27(32)18-10-14-21(35-3)15-11-18/h4-16,23-26H,1-3H3/t23-,24-,25+,26+/m1/s1. The summed E-state index contributed by atoms with van der Waals surface area (Å²) in [5, 5.41) is 18.8. The van der Waals surface area contributed by atoms with Gasteiger partial charge in [0.1, 0.15) is 17.8 Å². The first-order valence-corrected chi connectivity index (χ1v) is 11.4. The molecule has 2 aliphatic heterocycles. The van der Waals surface area contributed by atoms with E-state index >= 15 is 0 Å². The molecule has 3 aromatic carbocycles. The summed E-state index contributed by atoms with van der Waals surface area (Å²) in [6.45, 7) is 0. The molecule has 1 saturated heterocycles. The van der Waals surface area contributed by atoms with Crippen molar-refractivity contribution in [2.24, 2.45) is 5.10 Å². The van der Waals surface area contributed by atoms with E-state index in [0.29, 0.717) is 11.3 Å². The van der Waals surface area contributed by atoms with Gasteiger partial charge in [0, 0.05) is 35.8 Å². The Kier molecular flexibility index (Phi) is 5.72. The molecular weight excluding hydrogens is 444 g/mol. The Morgan fingerprint density at radius 1 is 1.03 bits per heavy atom. The maximum atomic E-state index is 14.0. The minimum absolute atomic E-state index is 0.208. The van der Waals surface area contributed by atoms with Crippen LogP contribution in [0, 0.1) is 10.1 Å². The fourth-order valence-electron chi connectivity index (χ4n) is 5.20. The first-order valence-electron chi connectivity index (χ1n) is 11.4. The Morgan fingerprint density at radius 3 is 2.34 bits per heavy atom. The van der Waals surface area contributed by atoms with E-state index in [0.717, 1.165) is 22.4 Å². The molecule has 3 aromatic rings. The number of carbonyl (C=O) groups excluding carboxylic acids is 1. The van der Waals surface area contributed by atoms with E-state index in [1.54, 1.807) is 42.6 Å². The predicted molar refractivity (Wildman–Crippen MR) is 134 cm³/mol. The lowest BCUT2D eigenvalue weighted by Gasteiger charge is -2.30. The van der Waals surface area contributed by atoms with E-state index in [4.69, 9.17) is 4.74 Å². The van der Waals surface area contributed by atoms with Crippen LogP contribution in [0.5, 0.6) is 5.75 Å². The molecule has 0 bridgehead atoms. The Balaban J connectivity index is 1.66. The fourth-order valence-corrected chi connectivity index (χ4v) is 5.20. The number of carbonyl (C=O) groups is 1. The number of rotatable bonds is 6. The van der Waals surface area contributed by atoms with Gasteiger partial charge in [-0.05, 0) is 47.5 Å². The molecule has 178 valence electrons. The second-order valence-electron chi connectivity index (χ2n) is 9.02. The molecule has 5 rings (SSSR count). The molecule has 0 saturated carbocycles. The molecule has 4 atom stereocenters. The van der Waals surface area contributed by atoms with Crippen LogP contribution in [-0.4, -0.2) is 55.2 Å². The van der Waals surface area contributed by atoms with E-state index in [1.165, 1.54) is 0 Å². The van der Waals surface area contributed by atoms with Crippen molar-refractivity contribution in [1.29, 1.82) is 0 Å². The number of hydrazone groups is 1. The van der Waals surface area contributed by atoms with Crippen LogP contribution in [0.15, 0.2) is 77.9 Å². The maximum absolute atomic E-state index is 14.0. The number of nitro groups is 1. The summed E-state index contributed by atoms with van der Waals surface area (Å²) in [7, 11) is 5.44. The van der Waals surface area contributed by atoms with Gasteiger partial charge in [-0.15, -0.1) is 0 Å². The van der Waals surface area contributed by atoms with Crippen LogP contribution >= 0.6 is 0 Å². The summed E-state index contributed by atoms with van der Waals surface area (Å²) >= 11 is 0. The topological polar surface area (TPSA) is 88.3 Å². The molecule has 8 heteroatoms.